The number of nitrogens with zero attached hydrogens (tertiary/aromatic N) is 3. The monoisotopic (exact) mass is 320 g/mol. The van der Waals surface area contributed by atoms with Crippen LogP contribution in [0.25, 0.3) is 0 Å². The van der Waals surface area contributed by atoms with Crippen molar-refractivity contribution < 1.29 is 9.13 Å². The summed E-state index contributed by atoms with van der Waals surface area (Å²) in [7, 11) is 0. The fraction of sp³-hybridized carbons (Fsp3) is 0.278. The number of nitrogens with two attached hydrogens (primary N) is 1. The molecular weight excluding hydrogens is 307 g/mol. The Morgan fingerprint density at radius 3 is 2.42 bits per heavy atom. The van der Waals surface area contributed by atoms with Gasteiger partial charge in [-0.1, -0.05) is 18.2 Å². The van der Waals surface area contributed by atoms with E-state index in [1.165, 1.54) is 12.1 Å². The number of fused-ring (bicyclic) bond motifs is 1. The SMILES string of the molecule is N#CC1=C(N)C(C#N)(C#N)[C@@H](c2ccc(F)cc2)[C@@H]2COCC=C12. The van der Waals surface area contributed by atoms with Crippen LogP contribution in [0.15, 0.2) is 47.2 Å². The van der Waals surface area contributed by atoms with Gasteiger partial charge in [0.2, 0.25) is 0 Å². The maximum Gasteiger partial charge on any atom is 0.191 e. The normalized spacial score (nSPS) is 24.8. The molecule has 0 spiro atoms. The predicted octanol–water partition coefficient (Wildman–Crippen LogP) is 2.27. The lowest BCUT2D eigenvalue weighted by Crippen LogP contribution is -2.44. The Hall–Kier alpha value is -3.14. The first kappa shape index (κ1) is 15.7. The molecule has 5 nitrogen and oxygen atoms in total. The van der Waals surface area contributed by atoms with Gasteiger partial charge in [0.1, 0.15) is 11.9 Å². The van der Waals surface area contributed by atoms with Gasteiger partial charge in [0.15, 0.2) is 5.41 Å². The van der Waals surface area contributed by atoms with E-state index in [1.807, 2.05) is 18.2 Å². The van der Waals surface area contributed by atoms with Crippen molar-refractivity contribution in [2.45, 2.75) is 5.92 Å². The molecule has 1 aromatic rings. The average Bonchev–Trinajstić information content (AvgIpc) is 2.62. The molecule has 1 aromatic carbocycles. The number of allylic oxidation sites excluding steroid dienone is 2. The highest BCUT2D eigenvalue weighted by atomic mass is 19.1. The topological polar surface area (TPSA) is 107 Å². The lowest BCUT2D eigenvalue weighted by Gasteiger charge is -2.43. The second-order valence-electron chi connectivity index (χ2n) is 5.76. The summed E-state index contributed by atoms with van der Waals surface area (Å²) >= 11 is 0. The second kappa shape index (κ2) is 5.81. The van der Waals surface area contributed by atoms with E-state index in [2.05, 4.69) is 0 Å². The van der Waals surface area contributed by atoms with Crippen LogP contribution < -0.4 is 5.73 Å². The van der Waals surface area contributed by atoms with Crippen LogP contribution in [0, 0.1) is 51.1 Å². The van der Waals surface area contributed by atoms with Gasteiger partial charge in [0.05, 0.1) is 36.6 Å². The van der Waals surface area contributed by atoms with Crippen molar-refractivity contribution in [1.29, 1.82) is 15.8 Å². The van der Waals surface area contributed by atoms with Crippen molar-refractivity contribution in [3.8, 4) is 18.2 Å². The molecule has 6 heteroatoms. The molecule has 24 heavy (non-hydrogen) atoms. The van der Waals surface area contributed by atoms with E-state index >= 15 is 0 Å². The highest BCUT2D eigenvalue weighted by molar-refractivity contribution is 5.59. The van der Waals surface area contributed by atoms with Crippen LogP contribution in [-0.4, -0.2) is 13.2 Å². The molecule has 0 saturated heterocycles. The van der Waals surface area contributed by atoms with E-state index in [0.717, 1.165) is 0 Å². The van der Waals surface area contributed by atoms with E-state index in [1.54, 1.807) is 18.2 Å². The van der Waals surface area contributed by atoms with Crippen LogP contribution in [0.3, 0.4) is 0 Å². The zero-order chi connectivity index (χ0) is 17.3. The van der Waals surface area contributed by atoms with Gasteiger partial charge in [-0.05, 0) is 23.3 Å². The Bertz CT molecular complexity index is 850. The summed E-state index contributed by atoms with van der Waals surface area (Å²) in [6.45, 7) is 0.601. The molecular formula is C18H13FN4O. The van der Waals surface area contributed by atoms with Gasteiger partial charge >= 0.3 is 0 Å². The molecule has 0 saturated carbocycles. The van der Waals surface area contributed by atoms with Crippen LogP contribution >= 0.6 is 0 Å². The smallest absolute Gasteiger partial charge is 0.191 e. The number of hydrogen-bond donors (Lipinski definition) is 1. The second-order valence-corrected chi connectivity index (χ2v) is 5.76. The molecule has 0 unspecified atom stereocenters. The van der Waals surface area contributed by atoms with Gasteiger partial charge in [-0.15, -0.1) is 0 Å². The lowest BCUT2D eigenvalue weighted by atomic mass is 9.58. The van der Waals surface area contributed by atoms with E-state index < -0.39 is 17.2 Å². The maximum atomic E-state index is 13.3. The molecule has 3 rings (SSSR count). The third-order valence-corrected chi connectivity index (χ3v) is 4.66. The minimum absolute atomic E-state index is 0.0475. The molecule has 0 bridgehead atoms. The van der Waals surface area contributed by atoms with Crippen LogP contribution in [0.2, 0.25) is 0 Å². The summed E-state index contributed by atoms with van der Waals surface area (Å²) in [6, 6.07) is 11.7. The van der Waals surface area contributed by atoms with Gasteiger partial charge in [-0.25, -0.2) is 4.39 Å². The molecule has 2 N–H and O–H groups in total. The first-order valence-corrected chi connectivity index (χ1v) is 7.35. The molecule has 1 aliphatic heterocycles. The lowest BCUT2D eigenvalue weighted by molar-refractivity contribution is 0.0979. The Labute approximate surface area is 138 Å². The molecule has 0 aromatic heterocycles. The van der Waals surface area contributed by atoms with Gasteiger partial charge in [-0.3, -0.25) is 0 Å². The quantitative estimate of drug-likeness (QED) is 0.854. The van der Waals surface area contributed by atoms with Crippen LogP contribution in [0.1, 0.15) is 11.5 Å². The predicted molar refractivity (Wildman–Crippen MR) is 82.0 cm³/mol. The molecule has 1 heterocycles. The van der Waals surface area contributed by atoms with Gasteiger partial charge in [-0.2, -0.15) is 15.8 Å². The highest BCUT2D eigenvalue weighted by Gasteiger charge is 2.54. The third kappa shape index (κ3) is 2.07. The highest BCUT2D eigenvalue weighted by Crippen LogP contribution is 2.53. The Kier molecular flexibility index (Phi) is 3.81. The van der Waals surface area contributed by atoms with Crippen molar-refractivity contribution >= 4 is 0 Å². The van der Waals surface area contributed by atoms with E-state index in [9.17, 15) is 20.2 Å². The van der Waals surface area contributed by atoms with Gasteiger partial charge in [0.25, 0.3) is 0 Å². The van der Waals surface area contributed by atoms with E-state index in [-0.39, 0.29) is 23.8 Å². The summed E-state index contributed by atoms with van der Waals surface area (Å²) in [6.07, 6.45) is 1.76. The zero-order valence-corrected chi connectivity index (χ0v) is 12.7. The molecule has 2 atom stereocenters. The first-order valence-electron chi connectivity index (χ1n) is 7.35. The minimum atomic E-state index is -1.70. The molecule has 0 radical (unpaired) electrons. The number of ether oxygens (including phenoxy) is 1. The standard InChI is InChI=1S/C18H13FN4O/c19-12-3-1-11(2-4-12)16-15-8-24-6-5-13(15)14(7-20)17(23)18(16,9-21)10-22/h1-5,15-16H,6,8,23H2/t15-,16+/m1/s1. The van der Waals surface area contributed by atoms with Crippen molar-refractivity contribution in [3.05, 3.63) is 58.6 Å². The number of hydrogen-bond acceptors (Lipinski definition) is 5. The number of rotatable bonds is 1. The summed E-state index contributed by atoms with van der Waals surface area (Å²) in [4.78, 5) is 0. The fourth-order valence-corrected chi connectivity index (χ4v) is 3.53. The fourth-order valence-electron chi connectivity index (χ4n) is 3.53. The number of nitriles is 3. The summed E-state index contributed by atoms with van der Waals surface area (Å²) < 4.78 is 18.8. The molecule has 2 aliphatic rings. The Morgan fingerprint density at radius 1 is 1.17 bits per heavy atom. The third-order valence-electron chi connectivity index (χ3n) is 4.66. The number of benzene rings is 1. The summed E-state index contributed by atoms with van der Waals surface area (Å²) in [5.41, 5.74) is 5.83. The summed E-state index contributed by atoms with van der Waals surface area (Å²) in [5.74, 6) is -1.42. The van der Waals surface area contributed by atoms with Crippen LogP contribution in [0.4, 0.5) is 4.39 Å². The van der Waals surface area contributed by atoms with E-state index in [0.29, 0.717) is 17.7 Å². The van der Waals surface area contributed by atoms with Crippen molar-refractivity contribution in [2.24, 2.45) is 17.1 Å². The minimum Gasteiger partial charge on any atom is -0.399 e. The van der Waals surface area contributed by atoms with Crippen molar-refractivity contribution in [2.75, 3.05) is 13.2 Å². The first-order chi connectivity index (χ1) is 11.6. The van der Waals surface area contributed by atoms with E-state index in [4.69, 9.17) is 10.5 Å². The molecule has 118 valence electrons. The van der Waals surface area contributed by atoms with Crippen molar-refractivity contribution in [3.63, 3.8) is 0 Å². The molecule has 0 amide bonds. The maximum absolute atomic E-state index is 13.3. The summed E-state index contributed by atoms with van der Waals surface area (Å²) in [5, 5.41) is 29.0. The van der Waals surface area contributed by atoms with Crippen molar-refractivity contribution in [1.82, 2.24) is 0 Å². The van der Waals surface area contributed by atoms with Crippen LogP contribution in [-0.2, 0) is 4.74 Å². The van der Waals surface area contributed by atoms with Gasteiger partial charge in [0, 0.05) is 11.8 Å². The largest absolute Gasteiger partial charge is 0.399 e. The zero-order valence-electron chi connectivity index (χ0n) is 12.7. The van der Waals surface area contributed by atoms with Gasteiger partial charge < -0.3 is 10.5 Å². The Balaban J connectivity index is 2.31. The average molecular weight is 320 g/mol. The molecule has 1 aliphatic carbocycles. The Morgan fingerprint density at radius 2 is 1.83 bits per heavy atom. The number of halogens is 1. The molecule has 0 fully saturated rings. The van der Waals surface area contributed by atoms with Crippen LogP contribution in [0.5, 0.6) is 0 Å².